The third-order valence-corrected chi connectivity index (χ3v) is 4.56. The molecule has 0 aliphatic heterocycles. The number of nitrogens with one attached hydrogen (secondary N) is 3. The van der Waals surface area contributed by atoms with Gasteiger partial charge in [0.05, 0.1) is 24.0 Å². The molecule has 2 amide bonds. The molecule has 0 aliphatic rings. The van der Waals surface area contributed by atoms with Gasteiger partial charge < -0.3 is 10.6 Å². The first-order valence-electron chi connectivity index (χ1n) is 8.39. The number of hydrogen-bond donors (Lipinski definition) is 3. The summed E-state index contributed by atoms with van der Waals surface area (Å²) in [5.41, 5.74) is 4.53. The molecule has 6 nitrogen and oxygen atoms in total. The third-order valence-electron chi connectivity index (χ3n) is 4.31. The van der Waals surface area contributed by atoms with Crippen LogP contribution in [0.3, 0.4) is 0 Å². The van der Waals surface area contributed by atoms with Crippen LogP contribution in [0, 0.1) is 13.8 Å². The smallest absolute Gasteiger partial charge is 0.255 e. The van der Waals surface area contributed by atoms with Crippen molar-refractivity contribution < 1.29 is 9.59 Å². The lowest BCUT2D eigenvalue weighted by Gasteiger charge is -2.11. The molecule has 3 aromatic rings. The Bertz CT molecular complexity index is 980. The highest BCUT2D eigenvalue weighted by Crippen LogP contribution is 2.23. The minimum Gasteiger partial charge on any atom is -0.343 e. The summed E-state index contributed by atoms with van der Waals surface area (Å²) < 4.78 is 0. The van der Waals surface area contributed by atoms with E-state index in [0.29, 0.717) is 16.3 Å². The molecule has 0 fully saturated rings. The second kappa shape index (κ2) is 8.05. The molecule has 0 saturated heterocycles. The van der Waals surface area contributed by atoms with E-state index in [1.54, 1.807) is 24.3 Å². The van der Waals surface area contributed by atoms with Crippen molar-refractivity contribution in [1.82, 2.24) is 15.5 Å². The zero-order chi connectivity index (χ0) is 19.4. The monoisotopic (exact) mass is 382 g/mol. The number of hydrogen-bond acceptors (Lipinski definition) is 3. The van der Waals surface area contributed by atoms with E-state index < -0.39 is 0 Å². The molecular formula is C20H19ClN4O2. The molecule has 0 saturated carbocycles. The van der Waals surface area contributed by atoms with Crippen molar-refractivity contribution in [3.05, 3.63) is 70.4 Å². The van der Waals surface area contributed by atoms with Gasteiger partial charge in [-0.2, -0.15) is 5.10 Å². The first-order chi connectivity index (χ1) is 13.0. The zero-order valence-electron chi connectivity index (χ0n) is 15.0. The van der Waals surface area contributed by atoms with Gasteiger partial charge in [0.2, 0.25) is 5.91 Å². The lowest BCUT2D eigenvalue weighted by atomic mass is 10.1. The lowest BCUT2D eigenvalue weighted by molar-refractivity contribution is -0.115. The fourth-order valence-corrected chi connectivity index (χ4v) is 2.76. The first kappa shape index (κ1) is 18.7. The maximum Gasteiger partial charge on any atom is 0.255 e. The number of aryl methyl sites for hydroxylation is 1. The van der Waals surface area contributed by atoms with Crippen LogP contribution in [-0.4, -0.2) is 28.6 Å². The largest absolute Gasteiger partial charge is 0.343 e. The van der Waals surface area contributed by atoms with Gasteiger partial charge in [-0.15, -0.1) is 0 Å². The fourth-order valence-electron chi connectivity index (χ4n) is 2.63. The molecule has 1 heterocycles. The highest BCUT2D eigenvalue weighted by Gasteiger charge is 2.16. The molecular weight excluding hydrogens is 364 g/mol. The number of rotatable bonds is 5. The van der Waals surface area contributed by atoms with Crippen molar-refractivity contribution in [2.24, 2.45) is 0 Å². The van der Waals surface area contributed by atoms with E-state index in [4.69, 9.17) is 11.6 Å². The van der Waals surface area contributed by atoms with E-state index in [2.05, 4.69) is 20.8 Å². The zero-order valence-corrected chi connectivity index (χ0v) is 15.7. The van der Waals surface area contributed by atoms with Crippen LogP contribution in [0.25, 0.3) is 11.3 Å². The molecule has 2 aromatic carbocycles. The number of H-pyrrole nitrogens is 1. The molecule has 27 heavy (non-hydrogen) atoms. The van der Waals surface area contributed by atoms with E-state index in [1.165, 1.54) is 6.20 Å². The first-order valence-corrected chi connectivity index (χ1v) is 8.77. The molecule has 0 spiro atoms. The highest BCUT2D eigenvalue weighted by molar-refractivity contribution is 6.30. The number of nitrogens with zero attached hydrogens (tertiary/aromatic N) is 1. The Hall–Kier alpha value is -3.12. The number of aromatic nitrogens is 2. The highest BCUT2D eigenvalue weighted by atomic mass is 35.5. The number of benzene rings is 2. The van der Waals surface area contributed by atoms with E-state index in [1.807, 2.05) is 32.0 Å². The van der Waals surface area contributed by atoms with Crippen LogP contribution in [0.4, 0.5) is 5.69 Å². The molecule has 3 N–H and O–H groups in total. The minimum absolute atomic E-state index is 0.141. The van der Waals surface area contributed by atoms with E-state index >= 15 is 0 Å². The van der Waals surface area contributed by atoms with Crippen LogP contribution in [0.2, 0.25) is 5.02 Å². The Labute approximate surface area is 161 Å². The third kappa shape index (κ3) is 4.35. The number of anilines is 1. The van der Waals surface area contributed by atoms with Crippen molar-refractivity contribution in [3.63, 3.8) is 0 Å². The predicted octanol–water partition coefficient (Wildman–Crippen LogP) is 3.72. The number of carbonyl (C=O) groups is 2. The van der Waals surface area contributed by atoms with Crippen LogP contribution in [0.15, 0.2) is 48.7 Å². The summed E-state index contributed by atoms with van der Waals surface area (Å²) in [6.45, 7) is 3.77. The normalized spacial score (nSPS) is 10.5. The van der Waals surface area contributed by atoms with Gasteiger partial charge in [0.1, 0.15) is 0 Å². The maximum absolute atomic E-state index is 12.5. The fraction of sp³-hybridized carbons (Fsp3) is 0.150. The summed E-state index contributed by atoms with van der Waals surface area (Å²) in [6.07, 6.45) is 1.43. The lowest BCUT2D eigenvalue weighted by Crippen LogP contribution is -2.33. The molecule has 0 unspecified atom stereocenters. The van der Waals surface area contributed by atoms with Crippen LogP contribution in [0.1, 0.15) is 21.5 Å². The molecule has 7 heteroatoms. The summed E-state index contributed by atoms with van der Waals surface area (Å²) in [5.74, 6) is -0.682. The van der Waals surface area contributed by atoms with Gasteiger partial charge in [0.15, 0.2) is 0 Å². The standard InChI is InChI=1S/C20H19ClN4O2/c1-12-4-3-5-17(13(12)2)24-18(26)11-22-20(27)16-10-23-25-19(16)14-6-8-15(21)9-7-14/h3-10H,11H2,1-2H3,(H,22,27)(H,23,25)(H,24,26). The van der Waals surface area contributed by atoms with Gasteiger partial charge in [-0.3, -0.25) is 14.7 Å². The second-order valence-corrected chi connectivity index (χ2v) is 6.58. The van der Waals surface area contributed by atoms with E-state index in [-0.39, 0.29) is 18.4 Å². The molecule has 3 rings (SSSR count). The molecule has 138 valence electrons. The topological polar surface area (TPSA) is 86.9 Å². The van der Waals surface area contributed by atoms with Crippen LogP contribution in [-0.2, 0) is 4.79 Å². The Morgan fingerprint density at radius 3 is 2.59 bits per heavy atom. The second-order valence-electron chi connectivity index (χ2n) is 6.14. The van der Waals surface area contributed by atoms with Crippen LogP contribution >= 0.6 is 11.6 Å². The minimum atomic E-state index is -0.384. The Balaban J connectivity index is 1.65. The van der Waals surface area contributed by atoms with Crippen LogP contribution < -0.4 is 10.6 Å². The SMILES string of the molecule is Cc1cccc(NC(=O)CNC(=O)c2cn[nH]c2-c2ccc(Cl)cc2)c1C. The van der Waals surface area contributed by atoms with Gasteiger partial charge in [0.25, 0.3) is 5.91 Å². The number of halogens is 1. The van der Waals surface area contributed by atoms with Crippen molar-refractivity contribution >= 4 is 29.1 Å². The average molecular weight is 383 g/mol. The van der Waals surface area contributed by atoms with Crippen molar-refractivity contribution in [1.29, 1.82) is 0 Å². The molecule has 0 aliphatic carbocycles. The summed E-state index contributed by atoms with van der Waals surface area (Å²) in [6, 6.07) is 12.7. The van der Waals surface area contributed by atoms with Gasteiger partial charge in [0, 0.05) is 16.3 Å². The van der Waals surface area contributed by atoms with Gasteiger partial charge in [-0.1, -0.05) is 35.9 Å². The molecule has 0 radical (unpaired) electrons. The van der Waals surface area contributed by atoms with E-state index in [0.717, 1.165) is 22.4 Å². The summed E-state index contributed by atoms with van der Waals surface area (Å²) in [5, 5.41) is 12.8. The Morgan fingerprint density at radius 1 is 1.11 bits per heavy atom. The Kier molecular flexibility index (Phi) is 5.57. The molecule has 0 atom stereocenters. The number of aromatic amines is 1. The van der Waals surface area contributed by atoms with Crippen molar-refractivity contribution in [2.45, 2.75) is 13.8 Å². The molecule has 1 aromatic heterocycles. The Morgan fingerprint density at radius 2 is 1.85 bits per heavy atom. The summed E-state index contributed by atoms with van der Waals surface area (Å²) in [7, 11) is 0. The average Bonchev–Trinajstić information content (AvgIpc) is 3.14. The maximum atomic E-state index is 12.5. The van der Waals surface area contributed by atoms with Crippen molar-refractivity contribution in [2.75, 3.05) is 11.9 Å². The van der Waals surface area contributed by atoms with Crippen LogP contribution in [0.5, 0.6) is 0 Å². The van der Waals surface area contributed by atoms with Gasteiger partial charge >= 0.3 is 0 Å². The quantitative estimate of drug-likeness (QED) is 0.628. The number of carbonyl (C=O) groups excluding carboxylic acids is 2. The predicted molar refractivity (Wildman–Crippen MR) is 106 cm³/mol. The van der Waals surface area contributed by atoms with Crippen molar-refractivity contribution in [3.8, 4) is 11.3 Å². The summed E-state index contributed by atoms with van der Waals surface area (Å²) >= 11 is 5.90. The van der Waals surface area contributed by atoms with E-state index in [9.17, 15) is 9.59 Å². The number of amides is 2. The summed E-state index contributed by atoms with van der Waals surface area (Å²) in [4.78, 5) is 24.6. The van der Waals surface area contributed by atoms with Gasteiger partial charge in [-0.25, -0.2) is 0 Å². The molecule has 0 bridgehead atoms. The van der Waals surface area contributed by atoms with Gasteiger partial charge in [-0.05, 0) is 43.2 Å².